The molecule has 1 amide bonds. The molecule has 4 aromatic rings. The highest BCUT2D eigenvalue weighted by Gasteiger charge is 2.14. The number of carbonyl (C=O) groups is 1. The van der Waals surface area contributed by atoms with Gasteiger partial charge in [-0.25, -0.2) is 0 Å². The van der Waals surface area contributed by atoms with E-state index in [-0.39, 0.29) is 18.5 Å². The minimum atomic E-state index is -0.115. The number of nitrogens with one attached hydrogen (secondary N) is 1. The fourth-order valence-corrected chi connectivity index (χ4v) is 3.66. The van der Waals surface area contributed by atoms with Crippen LogP contribution in [-0.2, 0) is 11.3 Å². The summed E-state index contributed by atoms with van der Waals surface area (Å²) in [4.78, 5) is 16.6. The molecule has 5 rings (SSSR count). The van der Waals surface area contributed by atoms with Gasteiger partial charge in [-0.1, -0.05) is 23.9 Å². The smallest absolute Gasteiger partial charge is 0.231 e. The molecule has 1 N–H and O–H groups in total. The van der Waals surface area contributed by atoms with Gasteiger partial charge in [-0.05, 0) is 42.0 Å². The third-order valence-corrected chi connectivity index (χ3v) is 5.34. The van der Waals surface area contributed by atoms with Gasteiger partial charge >= 0.3 is 0 Å². The quantitative estimate of drug-likeness (QED) is 0.474. The number of hydrogen-bond acceptors (Lipinski definition) is 8. The van der Waals surface area contributed by atoms with Crippen LogP contribution in [0.25, 0.3) is 17.0 Å². The lowest BCUT2D eigenvalue weighted by Gasteiger charge is -2.06. The largest absolute Gasteiger partial charge is 0.454 e. The lowest BCUT2D eigenvalue weighted by molar-refractivity contribution is -0.118. The molecule has 30 heavy (non-hydrogen) atoms. The molecule has 0 fully saturated rings. The minimum Gasteiger partial charge on any atom is -0.454 e. The first kappa shape index (κ1) is 18.4. The number of nitrogens with zero attached hydrogens (tertiary/aromatic N) is 5. The van der Waals surface area contributed by atoms with Crippen LogP contribution < -0.4 is 14.8 Å². The molecule has 0 unspecified atom stereocenters. The molecule has 0 atom stereocenters. The Morgan fingerprint density at radius 3 is 2.90 bits per heavy atom. The van der Waals surface area contributed by atoms with Crippen molar-refractivity contribution in [3.8, 4) is 22.9 Å². The van der Waals surface area contributed by atoms with E-state index in [2.05, 4.69) is 25.6 Å². The Balaban J connectivity index is 1.23. The van der Waals surface area contributed by atoms with Crippen molar-refractivity contribution in [1.29, 1.82) is 0 Å². The zero-order valence-electron chi connectivity index (χ0n) is 15.7. The van der Waals surface area contributed by atoms with E-state index < -0.39 is 0 Å². The zero-order valence-corrected chi connectivity index (χ0v) is 16.5. The molecule has 1 aromatic carbocycles. The number of thioether (sulfide) groups is 1. The summed E-state index contributed by atoms with van der Waals surface area (Å²) in [6.45, 7) is 0.628. The third-order valence-electron chi connectivity index (χ3n) is 4.42. The Morgan fingerprint density at radius 2 is 2.00 bits per heavy atom. The van der Waals surface area contributed by atoms with Crippen LogP contribution >= 0.6 is 11.8 Å². The van der Waals surface area contributed by atoms with Gasteiger partial charge in [0.2, 0.25) is 17.9 Å². The van der Waals surface area contributed by atoms with Crippen LogP contribution in [0.2, 0.25) is 0 Å². The van der Waals surface area contributed by atoms with Crippen LogP contribution in [0.4, 0.5) is 0 Å². The predicted molar refractivity (Wildman–Crippen MR) is 109 cm³/mol. The predicted octanol–water partition coefficient (Wildman–Crippen LogP) is 2.32. The van der Waals surface area contributed by atoms with E-state index in [0.29, 0.717) is 28.8 Å². The molecule has 0 bridgehead atoms. The molecule has 0 radical (unpaired) electrons. The number of aromatic nitrogens is 5. The maximum atomic E-state index is 12.3. The lowest BCUT2D eigenvalue weighted by Crippen LogP contribution is -2.24. The van der Waals surface area contributed by atoms with Crippen molar-refractivity contribution in [3.63, 3.8) is 0 Å². The topological polar surface area (TPSA) is 104 Å². The molecule has 1 aliphatic heterocycles. The normalized spacial score (nSPS) is 12.3. The summed E-state index contributed by atoms with van der Waals surface area (Å²) in [5.74, 6) is 1.49. The zero-order chi connectivity index (χ0) is 20.3. The van der Waals surface area contributed by atoms with Crippen molar-refractivity contribution >= 4 is 23.3 Å². The number of rotatable bonds is 6. The van der Waals surface area contributed by atoms with Crippen LogP contribution in [-0.4, -0.2) is 43.2 Å². The molecule has 9 nitrogen and oxygen atoms in total. The first-order valence-corrected chi connectivity index (χ1v) is 10.2. The van der Waals surface area contributed by atoms with E-state index in [0.717, 1.165) is 17.0 Å². The van der Waals surface area contributed by atoms with Gasteiger partial charge in [0, 0.05) is 12.7 Å². The summed E-state index contributed by atoms with van der Waals surface area (Å²) in [5, 5.41) is 16.2. The summed E-state index contributed by atoms with van der Waals surface area (Å²) >= 11 is 1.27. The van der Waals surface area contributed by atoms with Crippen molar-refractivity contribution < 1.29 is 14.3 Å². The molecule has 1 aliphatic rings. The second-order valence-electron chi connectivity index (χ2n) is 6.44. The van der Waals surface area contributed by atoms with Gasteiger partial charge in [0.25, 0.3) is 0 Å². The fourth-order valence-electron chi connectivity index (χ4n) is 2.94. The maximum Gasteiger partial charge on any atom is 0.231 e. The van der Waals surface area contributed by atoms with Gasteiger partial charge in [0.15, 0.2) is 17.1 Å². The Kier molecular flexibility index (Phi) is 4.89. The molecule has 150 valence electrons. The summed E-state index contributed by atoms with van der Waals surface area (Å²) in [6.07, 6.45) is 1.72. The monoisotopic (exact) mass is 420 g/mol. The van der Waals surface area contributed by atoms with Crippen molar-refractivity contribution in [2.24, 2.45) is 0 Å². The number of fused-ring (bicyclic) bond motifs is 2. The average Bonchev–Trinajstić information content (AvgIpc) is 3.42. The van der Waals surface area contributed by atoms with E-state index in [1.807, 2.05) is 48.5 Å². The van der Waals surface area contributed by atoms with Gasteiger partial charge in [-0.3, -0.25) is 9.78 Å². The van der Waals surface area contributed by atoms with Crippen LogP contribution in [0.15, 0.2) is 59.9 Å². The van der Waals surface area contributed by atoms with Gasteiger partial charge in [-0.2, -0.15) is 9.61 Å². The van der Waals surface area contributed by atoms with Crippen molar-refractivity contribution in [3.05, 3.63) is 60.3 Å². The lowest BCUT2D eigenvalue weighted by atomic mass is 10.2. The van der Waals surface area contributed by atoms with Crippen molar-refractivity contribution in [2.45, 2.75) is 11.7 Å². The minimum absolute atomic E-state index is 0.115. The summed E-state index contributed by atoms with van der Waals surface area (Å²) < 4.78 is 12.3. The standard InChI is InChI=1S/C20H16N6O3S/c27-19(22-10-13-4-6-16-17(9-13)29-12-28-16)11-30-20-24-23-18-7-5-15(25-26(18)20)14-3-1-2-8-21-14/h1-9H,10-12H2,(H,22,27). The first-order chi connectivity index (χ1) is 14.8. The number of pyridine rings is 1. The molecule has 0 spiro atoms. The van der Waals surface area contributed by atoms with Gasteiger partial charge in [-0.15, -0.1) is 10.2 Å². The average molecular weight is 420 g/mol. The Hall–Kier alpha value is -3.66. The SMILES string of the molecule is O=C(CSc1nnc2ccc(-c3ccccn3)nn12)NCc1ccc2c(c1)OCO2. The van der Waals surface area contributed by atoms with Gasteiger partial charge in [0.05, 0.1) is 11.4 Å². The highest BCUT2D eigenvalue weighted by molar-refractivity contribution is 7.99. The molecule has 0 saturated heterocycles. The number of carbonyl (C=O) groups excluding carboxylic acids is 1. The second kappa shape index (κ2) is 7.99. The van der Waals surface area contributed by atoms with Crippen LogP contribution in [0.3, 0.4) is 0 Å². The van der Waals surface area contributed by atoms with E-state index >= 15 is 0 Å². The second-order valence-corrected chi connectivity index (χ2v) is 7.38. The molecular weight excluding hydrogens is 404 g/mol. The molecule has 4 heterocycles. The van der Waals surface area contributed by atoms with Crippen LogP contribution in [0, 0.1) is 0 Å². The van der Waals surface area contributed by atoms with Crippen LogP contribution in [0.1, 0.15) is 5.56 Å². The van der Waals surface area contributed by atoms with Crippen molar-refractivity contribution in [1.82, 2.24) is 30.1 Å². The highest BCUT2D eigenvalue weighted by Crippen LogP contribution is 2.32. The van der Waals surface area contributed by atoms with E-state index in [1.54, 1.807) is 10.7 Å². The summed E-state index contributed by atoms with van der Waals surface area (Å²) in [5.41, 5.74) is 3.01. The third kappa shape index (κ3) is 3.77. The van der Waals surface area contributed by atoms with E-state index in [4.69, 9.17) is 9.47 Å². The summed E-state index contributed by atoms with van der Waals surface area (Å²) in [6, 6.07) is 14.9. The van der Waals surface area contributed by atoms with Gasteiger partial charge < -0.3 is 14.8 Å². The molecule has 0 aliphatic carbocycles. The van der Waals surface area contributed by atoms with Crippen LogP contribution in [0.5, 0.6) is 11.5 Å². The molecular formula is C20H16N6O3S. The van der Waals surface area contributed by atoms with Gasteiger partial charge in [0.1, 0.15) is 5.69 Å². The number of ether oxygens (including phenoxy) is 2. The number of amides is 1. The fraction of sp³-hybridized carbons (Fsp3) is 0.150. The Bertz CT molecular complexity index is 1210. The van der Waals surface area contributed by atoms with E-state index in [1.165, 1.54) is 11.8 Å². The molecule has 10 heteroatoms. The highest BCUT2D eigenvalue weighted by atomic mass is 32.2. The molecule has 3 aromatic heterocycles. The van der Waals surface area contributed by atoms with E-state index in [9.17, 15) is 4.79 Å². The maximum absolute atomic E-state index is 12.3. The Labute approximate surface area is 175 Å². The Morgan fingerprint density at radius 1 is 1.07 bits per heavy atom. The van der Waals surface area contributed by atoms with Crippen molar-refractivity contribution in [2.75, 3.05) is 12.5 Å². The number of benzene rings is 1. The summed E-state index contributed by atoms with van der Waals surface area (Å²) in [7, 11) is 0. The first-order valence-electron chi connectivity index (χ1n) is 9.18. The molecule has 0 saturated carbocycles. The number of hydrogen-bond donors (Lipinski definition) is 1.